The van der Waals surface area contributed by atoms with Crippen LogP contribution in [-0.2, 0) is 16.1 Å². The van der Waals surface area contributed by atoms with E-state index in [-0.39, 0.29) is 17.2 Å². The quantitative estimate of drug-likeness (QED) is 0.905. The van der Waals surface area contributed by atoms with Crippen molar-refractivity contribution in [3.05, 3.63) is 18.5 Å². The molecule has 6 nitrogen and oxygen atoms in total. The minimum Gasteiger partial charge on any atom is -0.342 e. The highest BCUT2D eigenvalue weighted by Gasteiger charge is 2.49. The summed E-state index contributed by atoms with van der Waals surface area (Å²) in [5, 5.41) is 7.01. The minimum atomic E-state index is -0.841. The van der Waals surface area contributed by atoms with Crippen LogP contribution < -0.4 is 5.32 Å². The molecular weight excluding hydrogens is 268 g/mol. The highest BCUT2D eigenvalue weighted by molar-refractivity contribution is 5.99. The Morgan fingerprint density at radius 1 is 1.29 bits per heavy atom. The van der Waals surface area contributed by atoms with E-state index in [1.54, 1.807) is 29.6 Å². The molecule has 0 aliphatic carbocycles. The van der Waals surface area contributed by atoms with Crippen molar-refractivity contribution in [3.63, 3.8) is 0 Å². The zero-order valence-corrected chi connectivity index (χ0v) is 13.4. The number of nitrogens with zero attached hydrogens (tertiary/aromatic N) is 3. The predicted octanol–water partition coefficient (Wildman–Crippen LogP) is 1.03. The van der Waals surface area contributed by atoms with Gasteiger partial charge in [0, 0.05) is 18.9 Å². The second-order valence-electron chi connectivity index (χ2n) is 7.09. The van der Waals surface area contributed by atoms with E-state index in [0.29, 0.717) is 13.1 Å². The Labute approximate surface area is 125 Å². The molecule has 0 spiro atoms. The van der Waals surface area contributed by atoms with Gasteiger partial charge in [0.2, 0.25) is 11.8 Å². The van der Waals surface area contributed by atoms with Crippen LogP contribution in [0.1, 0.15) is 34.6 Å². The molecule has 1 fully saturated rings. The lowest BCUT2D eigenvalue weighted by atomic mass is 9.82. The Balaban J connectivity index is 2.21. The summed E-state index contributed by atoms with van der Waals surface area (Å²) in [5.74, 6) is -0.137. The number of nitrogens with one attached hydrogen (secondary N) is 1. The average Bonchev–Trinajstić information content (AvgIpc) is 2.85. The molecule has 6 heteroatoms. The van der Waals surface area contributed by atoms with Crippen LogP contribution >= 0.6 is 0 Å². The van der Waals surface area contributed by atoms with Crippen LogP contribution in [0.4, 0.5) is 0 Å². The first-order valence-corrected chi connectivity index (χ1v) is 7.24. The standard InChI is InChI=1S/C15H24N4O2/c1-14(2,3)11-12(20)19(15(4,5)13(21)17-11)10-9-18-8-6-7-16-18/h6-8,11H,9-10H2,1-5H3,(H,17,21). The van der Waals surface area contributed by atoms with Crippen molar-refractivity contribution in [2.24, 2.45) is 5.41 Å². The second kappa shape index (κ2) is 5.16. The molecule has 0 radical (unpaired) electrons. The Hall–Kier alpha value is -1.85. The highest BCUT2D eigenvalue weighted by atomic mass is 16.2. The molecule has 1 aliphatic rings. The van der Waals surface area contributed by atoms with Gasteiger partial charge in [0.25, 0.3) is 0 Å². The van der Waals surface area contributed by atoms with Gasteiger partial charge in [0.1, 0.15) is 11.6 Å². The lowest BCUT2D eigenvalue weighted by molar-refractivity contribution is -0.158. The van der Waals surface area contributed by atoms with Gasteiger partial charge in [-0.2, -0.15) is 5.10 Å². The van der Waals surface area contributed by atoms with E-state index >= 15 is 0 Å². The number of carbonyl (C=O) groups is 2. The molecule has 116 valence electrons. The summed E-state index contributed by atoms with van der Waals surface area (Å²) in [6.07, 6.45) is 3.55. The first-order valence-electron chi connectivity index (χ1n) is 7.24. The van der Waals surface area contributed by atoms with Crippen molar-refractivity contribution >= 4 is 11.8 Å². The van der Waals surface area contributed by atoms with E-state index in [4.69, 9.17) is 0 Å². The van der Waals surface area contributed by atoms with Gasteiger partial charge in [-0.3, -0.25) is 14.3 Å². The fourth-order valence-corrected chi connectivity index (χ4v) is 2.54. The van der Waals surface area contributed by atoms with Crippen LogP contribution in [-0.4, -0.2) is 44.6 Å². The average molecular weight is 292 g/mol. The number of hydrogen-bond acceptors (Lipinski definition) is 3. The van der Waals surface area contributed by atoms with Gasteiger partial charge in [0.05, 0.1) is 6.54 Å². The second-order valence-corrected chi connectivity index (χ2v) is 7.09. The summed E-state index contributed by atoms with van der Waals surface area (Å²) in [4.78, 5) is 26.8. The Morgan fingerprint density at radius 3 is 2.48 bits per heavy atom. The van der Waals surface area contributed by atoms with Crippen molar-refractivity contribution in [2.45, 2.75) is 52.7 Å². The lowest BCUT2D eigenvalue weighted by Crippen LogP contribution is -2.71. The molecule has 1 atom stereocenters. The number of amides is 2. The molecule has 1 aromatic rings. The van der Waals surface area contributed by atoms with Crippen molar-refractivity contribution < 1.29 is 9.59 Å². The normalized spacial score (nSPS) is 22.3. The minimum absolute atomic E-state index is 0.0285. The molecule has 1 unspecified atom stereocenters. The van der Waals surface area contributed by atoms with Crippen LogP contribution in [0.25, 0.3) is 0 Å². The van der Waals surface area contributed by atoms with Gasteiger partial charge in [-0.15, -0.1) is 0 Å². The number of hydrogen-bond donors (Lipinski definition) is 1. The van der Waals surface area contributed by atoms with Gasteiger partial charge >= 0.3 is 0 Å². The van der Waals surface area contributed by atoms with Gasteiger partial charge < -0.3 is 10.2 Å². The smallest absolute Gasteiger partial charge is 0.246 e. The highest BCUT2D eigenvalue weighted by Crippen LogP contribution is 2.29. The molecule has 2 heterocycles. The number of carbonyl (C=O) groups excluding carboxylic acids is 2. The number of aromatic nitrogens is 2. The monoisotopic (exact) mass is 292 g/mol. The van der Waals surface area contributed by atoms with Crippen molar-refractivity contribution in [1.82, 2.24) is 20.0 Å². The van der Waals surface area contributed by atoms with Crippen molar-refractivity contribution in [3.8, 4) is 0 Å². The van der Waals surface area contributed by atoms with E-state index in [9.17, 15) is 9.59 Å². The first kappa shape index (κ1) is 15.5. The third-order valence-electron chi connectivity index (χ3n) is 4.00. The van der Waals surface area contributed by atoms with Gasteiger partial charge in [-0.1, -0.05) is 20.8 Å². The van der Waals surface area contributed by atoms with Crippen LogP contribution in [0, 0.1) is 5.41 Å². The zero-order chi connectivity index (χ0) is 15.8. The summed E-state index contributed by atoms with van der Waals surface area (Å²) in [6.45, 7) is 10.5. The Bertz CT molecular complexity index is 528. The fraction of sp³-hybridized carbons (Fsp3) is 0.667. The zero-order valence-electron chi connectivity index (χ0n) is 13.4. The molecule has 1 N–H and O–H groups in total. The molecule has 0 bridgehead atoms. The molecule has 2 rings (SSSR count). The maximum Gasteiger partial charge on any atom is 0.246 e. The topological polar surface area (TPSA) is 67.2 Å². The Morgan fingerprint density at radius 2 is 1.95 bits per heavy atom. The van der Waals surface area contributed by atoms with Gasteiger partial charge in [-0.25, -0.2) is 0 Å². The number of piperazine rings is 1. The van der Waals surface area contributed by atoms with E-state index in [1.165, 1.54) is 0 Å². The Kier molecular flexibility index (Phi) is 3.82. The maximum atomic E-state index is 12.8. The molecule has 1 aromatic heterocycles. The lowest BCUT2D eigenvalue weighted by Gasteiger charge is -2.47. The summed E-state index contributed by atoms with van der Waals surface area (Å²) in [5.41, 5.74) is -1.15. The summed E-state index contributed by atoms with van der Waals surface area (Å²) in [7, 11) is 0. The molecule has 0 saturated carbocycles. The first-order chi connectivity index (χ1) is 9.64. The molecule has 1 aliphatic heterocycles. The fourth-order valence-electron chi connectivity index (χ4n) is 2.54. The maximum absolute atomic E-state index is 12.8. The number of rotatable bonds is 3. The SMILES string of the molecule is CC(C)(C)C1NC(=O)C(C)(C)N(CCn2cccn2)C1=O. The molecule has 21 heavy (non-hydrogen) atoms. The van der Waals surface area contributed by atoms with Crippen molar-refractivity contribution in [1.29, 1.82) is 0 Å². The molecular formula is C15H24N4O2. The molecule has 2 amide bonds. The van der Waals surface area contributed by atoms with Crippen molar-refractivity contribution in [2.75, 3.05) is 6.54 Å². The van der Waals surface area contributed by atoms with Gasteiger partial charge in [0.15, 0.2) is 0 Å². The van der Waals surface area contributed by atoms with E-state index in [2.05, 4.69) is 10.4 Å². The predicted molar refractivity (Wildman–Crippen MR) is 79.4 cm³/mol. The molecule has 1 saturated heterocycles. The third kappa shape index (κ3) is 2.94. The largest absolute Gasteiger partial charge is 0.342 e. The van der Waals surface area contributed by atoms with E-state index in [1.807, 2.05) is 33.0 Å². The van der Waals surface area contributed by atoms with Crippen LogP contribution in [0.15, 0.2) is 18.5 Å². The van der Waals surface area contributed by atoms with Crippen LogP contribution in [0.2, 0.25) is 0 Å². The summed E-state index contributed by atoms with van der Waals surface area (Å²) < 4.78 is 1.77. The third-order valence-corrected chi connectivity index (χ3v) is 4.00. The molecule has 0 aromatic carbocycles. The van der Waals surface area contributed by atoms with Gasteiger partial charge in [-0.05, 0) is 25.3 Å². The summed E-state index contributed by atoms with van der Waals surface area (Å²) >= 11 is 0. The van der Waals surface area contributed by atoms with Crippen LogP contribution in [0.3, 0.4) is 0 Å². The summed E-state index contributed by atoms with van der Waals surface area (Å²) in [6, 6.07) is 1.35. The van der Waals surface area contributed by atoms with Crippen LogP contribution in [0.5, 0.6) is 0 Å². The van der Waals surface area contributed by atoms with E-state index in [0.717, 1.165) is 0 Å². The van der Waals surface area contributed by atoms with E-state index < -0.39 is 11.6 Å².